The maximum atomic E-state index is 13.9. The van der Waals surface area contributed by atoms with Gasteiger partial charge in [0.2, 0.25) is 0 Å². The normalized spacial score (nSPS) is 15.3. The Morgan fingerprint density at radius 2 is 1.92 bits per heavy atom. The van der Waals surface area contributed by atoms with Gasteiger partial charge in [-0.05, 0) is 30.3 Å². The molecule has 1 heterocycles. The number of rotatable bonds is 3. The molecule has 2 N–H and O–H groups in total. The fourth-order valence-corrected chi connectivity index (χ4v) is 3.19. The molecule has 0 aromatic heterocycles. The number of piperazine rings is 1. The first kappa shape index (κ1) is 16.6. The Kier molecular flexibility index (Phi) is 4.89. The van der Waals surface area contributed by atoms with Gasteiger partial charge in [-0.15, -0.1) is 0 Å². The average molecular weight is 345 g/mol. The van der Waals surface area contributed by atoms with E-state index in [0.29, 0.717) is 28.4 Å². The first-order valence-corrected chi connectivity index (χ1v) is 8.16. The number of hydrogen-bond acceptors (Lipinski definition) is 4. The lowest BCUT2D eigenvalue weighted by molar-refractivity contribution is 0.247. The van der Waals surface area contributed by atoms with Gasteiger partial charge in [0.1, 0.15) is 5.82 Å². The monoisotopic (exact) mass is 344 g/mol. The lowest BCUT2D eigenvalue weighted by atomic mass is 10.1. The van der Waals surface area contributed by atoms with Gasteiger partial charge >= 0.3 is 0 Å². The van der Waals surface area contributed by atoms with Crippen LogP contribution in [-0.4, -0.2) is 31.1 Å². The van der Waals surface area contributed by atoms with Crippen molar-refractivity contribution in [1.82, 2.24) is 4.90 Å². The summed E-state index contributed by atoms with van der Waals surface area (Å²) >= 11 is 6.10. The minimum atomic E-state index is -0.263. The highest BCUT2D eigenvalue weighted by molar-refractivity contribution is 6.31. The van der Waals surface area contributed by atoms with Gasteiger partial charge in [0.25, 0.3) is 0 Å². The van der Waals surface area contributed by atoms with Crippen LogP contribution in [0.1, 0.15) is 11.1 Å². The summed E-state index contributed by atoms with van der Waals surface area (Å²) in [4.78, 5) is 4.37. The number of halogens is 2. The molecule has 0 spiro atoms. The van der Waals surface area contributed by atoms with Crippen LogP contribution in [0.3, 0.4) is 0 Å². The molecule has 2 aromatic rings. The zero-order valence-electron chi connectivity index (χ0n) is 13.2. The second kappa shape index (κ2) is 7.08. The lowest BCUT2D eigenvalue weighted by Crippen LogP contribution is -2.46. The van der Waals surface area contributed by atoms with Crippen molar-refractivity contribution in [2.24, 2.45) is 0 Å². The number of anilines is 2. The van der Waals surface area contributed by atoms with E-state index in [9.17, 15) is 4.39 Å². The van der Waals surface area contributed by atoms with Crippen molar-refractivity contribution >= 4 is 23.0 Å². The van der Waals surface area contributed by atoms with Gasteiger partial charge in [-0.2, -0.15) is 5.26 Å². The average Bonchev–Trinajstić information content (AvgIpc) is 2.59. The molecule has 4 nitrogen and oxygen atoms in total. The molecule has 2 aromatic carbocycles. The van der Waals surface area contributed by atoms with E-state index >= 15 is 0 Å². The first-order valence-electron chi connectivity index (χ1n) is 7.78. The molecule has 1 aliphatic heterocycles. The molecule has 1 aliphatic rings. The molecule has 24 heavy (non-hydrogen) atoms. The molecule has 3 rings (SSSR count). The van der Waals surface area contributed by atoms with Crippen LogP contribution in [0.5, 0.6) is 0 Å². The van der Waals surface area contributed by atoms with Crippen LogP contribution in [0, 0.1) is 17.1 Å². The SMILES string of the molecule is N#Cc1ccc(N2CCN(Cc3c(F)cccc3Cl)CC2)c(N)c1. The number of nitriles is 1. The molecule has 0 unspecified atom stereocenters. The predicted octanol–water partition coefficient (Wildman–Crippen LogP) is 3.26. The van der Waals surface area contributed by atoms with Gasteiger partial charge in [-0.3, -0.25) is 4.90 Å². The molecular formula is C18H18ClFN4. The summed E-state index contributed by atoms with van der Waals surface area (Å²) in [7, 11) is 0. The molecule has 0 saturated carbocycles. The van der Waals surface area contributed by atoms with Crippen LogP contribution >= 0.6 is 11.6 Å². The van der Waals surface area contributed by atoms with Crippen LogP contribution in [0.2, 0.25) is 5.02 Å². The topological polar surface area (TPSA) is 56.3 Å². The molecule has 6 heteroatoms. The van der Waals surface area contributed by atoms with E-state index in [2.05, 4.69) is 15.9 Å². The van der Waals surface area contributed by atoms with E-state index in [1.54, 1.807) is 24.3 Å². The minimum Gasteiger partial charge on any atom is -0.397 e. The summed E-state index contributed by atoms with van der Waals surface area (Å²) in [5.41, 5.74) is 8.71. The third-order valence-corrected chi connectivity index (χ3v) is 4.67. The van der Waals surface area contributed by atoms with Crippen LogP contribution in [0.25, 0.3) is 0 Å². The van der Waals surface area contributed by atoms with Crippen molar-refractivity contribution in [3.05, 3.63) is 58.4 Å². The van der Waals surface area contributed by atoms with Crippen LogP contribution in [0.4, 0.5) is 15.8 Å². The smallest absolute Gasteiger partial charge is 0.129 e. The maximum Gasteiger partial charge on any atom is 0.129 e. The van der Waals surface area contributed by atoms with E-state index in [1.807, 2.05) is 6.07 Å². The number of nitrogens with zero attached hydrogens (tertiary/aromatic N) is 3. The van der Waals surface area contributed by atoms with E-state index < -0.39 is 0 Å². The van der Waals surface area contributed by atoms with Crippen molar-refractivity contribution in [2.45, 2.75) is 6.54 Å². The van der Waals surface area contributed by atoms with E-state index in [1.165, 1.54) is 6.07 Å². The maximum absolute atomic E-state index is 13.9. The Morgan fingerprint density at radius 3 is 2.54 bits per heavy atom. The molecule has 0 aliphatic carbocycles. The summed E-state index contributed by atoms with van der Waals surface area (Å²) in [6, 6.07) is 12.2. The van der Waals surface area contributed by atoms with Crippen LogP contribution in [-0.2, 0) is 6.54 Å². The standard InChI is InChI=1S/C18H18ClFN4/c19-15-2-1-3-16(20)14(15)12-23-6-8-24(9-7-23)18-5-4-13(11-21)10-17(18)22/h1-5,10H,6-9,12,22H2. The number of nitrogen functional groups attached to an aromatic ring is 1. The molecule has 124 valence electrons. The Morgan fingerprint density at radius 1 is 1.17 bits per heavy atom. The predicted molar refractivity (Wildman–Crippen MR) is 94.5 cm³/mol. The highest BCUT2D eigenvalue weighted by Gasteiger charge is 2.20. The van der Waals surface area contributed by atoms with Crippen molar-refractivity contribution < 1.29 is 4.39 Å². The summed E-state index contributed by atoms with van der Waals surface area (Å²) in [5, 5.41) is 9.38. The lowest BCUT2D eigenvalue weighted by Gasteiger charge is -2.36. The van der Waals surface area contributed by atoms with Crippen molar-refractivity contribution in [3.8, 4) is 6.07 Å². The van der Waals surface area contributed by atoms with Gasteiger partial charge in [0, 0.05) is 43.3 Å². The van der Waals surface area contributed by atoms with Crippen LogP contribution < -0.4 is 10.6 Å². The van der Waals surface area contributed by atoms with Crippen molar-refractivity contribution in [1.29, 1.82) is 5.26 Å². The molecular weight excluding hydrogens is 327 g/mol. The Balaban J connectivity index is 1.65. The minimum absolute atomic E-state index is 0.263. The number of nitrogens with two attached hydrogens (primary N) is 1. The fraction of sp³-hybridized carbons (Fsp3) is 0.278. The zero-order valence-corrected chi connectivity index (χ0v) is 13.9. The summed E-state index contributed by atoms with van der Waals surface area (Å²) in [6.07, 6.45) is 0. The highest BCUT2D eigenvalue weighted by Crippen LogP contribution is 2.26. The van der Waals surface area contributed by atoms with Gasteiger partial charge in [-0.25, -0.2) is 4.39 Å². The molecule has 1 fully saturated rings. The Hall–Kier alpha value is -2.29. The van der Waals surface area contributed by atoms with E-state index in [-0.39, 0.29) is 5.82 Å². The number of benzene rings is 2. The van der Waals surface area contributed by atoms with Gasteiger partial charge in [0.05, 0.1) is 23.0 Å². The zero-order chi connectivity index (χ0) is 17.1. The summed E-state index contributed by atoms with van der Waals surface area (Å²) < 4.78 is 13.9. The Labute approximate surface area is 145 Å². The quantitative estimate of drug-likeness (QED) is 0.868. The van der Waals surface area contributed by atoms with E-state index in [4.69, 9.17) is 22.6 Å². The third kappa shape index (κ3) is 3.45. The highest BCUT2D eigenvalue weighted by atomic mass is 35.5. The molecule has 0 radical (unpaired) electrons. The second-order valence-electron chi connectivity index (χ2n) is 5.85. The molecule has 0 atom stereocenters. The van der Waals surface area contributed by atoms with E-state index in [0.717, 1.165) is 31.9 Å². The van der Waals surface area contributed by atoms with Crippen molar-refractivity contribution in [2.75, 3.05) is 36.8 Å². The molecule has 0 amide bonds. The van der Waals surface area contributed by atoms with Gasteiger partial charge in [0.15, 0.2) is 0 Å². The fourth-order valence-electron chi connectivity index (χ4n) is 2.97. The van der Waals surface area contributed by atoms with Crippen LogP contribution in [0.15, 0.2) is 36.4 Å². The third-order valence-electron chi connectivity index (χ3n) is 4.31. The van der Waals surface area contributed by atoms with Gasteiger partial charge in [-0.1, -0.05) is 17.7 Å². The van der Waals surface area contributed by atoms with Gasteiger partial charge < -0.3 is 10.6 Å². The molecule has 0 bridgehead atoms. The molecule has 1 saturated heterocycles. The second-order valence-corrected chi connectivity index (χ2v) is 6.26. The summed E-state index contributed by atoms with van der Waals surface area (Å²) in [5.74, 6) is -0.263. The number of hydrogen-bond donors (Lipinski definition) is 1. The van der Waals surface area contributed by atoms with Crippen molar-refractivity contribution in [3.63, 3.8) is 0 Å². The largest absolute Gasteiger partial charge is 0.397 e. The first-order chi connectivity index (χ1) is 11.6. The summed E-state index contributed by atoms with van der Waals surface area (Å²) in [6.45, 7) is 3.68. The Bertz CT molecular complexity index is 759.